The molecule has 0 saturated carbocycles. The fraction of sp³-hybridized carbons (Fsp3) is 0.250. The molecule has 0 atom stereocenters. The van der Waals surface area contributed by atoms with Gasteiger partial charge in [0.2, 0.25) is 0 Å². The Morgan fingerprint density at radius 2 is 1.90 bits per heavy atom. The van der Waals surface area contributed by atoms with Crippen LogP contribution in [0.25, 0.3) is 0 Å². The van der Waals surface area contributed by atoms with E-state index in [2.05, 4.69) is 16.1 Å². The van der Waals surface area contributed by atoms with Crippen LogP contribution in [0.5, 0.6) is 11.5 Å². The van der Waals surface area contributed by atoms with Crippen LogP contribution in [0.2, 0.25) is 0 Å². The minimum atomic E-state index is -2.88. The third-order valence-electron chi connectivity index (χ3n) is 2.96. The highest BCUT2D eigenvalue weighted by atomic mass is 19.3. The first-order chi connectivity index (χ1) is 10.1. The highest BCUT2D eigenvalue weighted by Crippen LogP contribution is 2.31. The summed E-state index contributed by atoms with van der Waals surface area (Å²) in [4.78, 5) is 0. The molecule has 0 spiro atoms. The predicted molar refractivity (Wildman–Crippen MR) is 78.1 cm³/mol. The van der Waals surface area contributed by atoms with E-state index in [1.165, 1.54) is 18.7 Å². The van der Waals surface area contributed by atoms with Crippen molar-refractivity contribution >= 4 is 5.69 Å². The fourth-order valence-corrected chi connectivity index (χ4v) is 2.00. The van der Waals surface area contributed by atoms with Gasteiger partial charge in [-0.2, -0.15) is 8.78 Å². The van der Waals surface area contributed by atoms with Crippen molar-refractivity contribution in [3.8, 4) is 11.5 Å². The van der Waals surface area contributed by atoms with Gasteiger partial charge in [-0.3, -0.25) is 0 Å². The van der Waals surface area contributed by atoms with Crippen LogP contribution >= 0.6 is 0 Å². The molecule has 0 bridgehead atoms. The number of halogens is 2. The van der Waals surface area contributed by atoms with E-state index in [0.29, 0.717) is 12.2 Å². The van der Waals surface area contributed by atoms with Crippen LogP contribution in [0.15, 0.2) is 42.5 Å². The molecule has 0 saturated heterocycles. The van der Waals surface area contributed by atoms with Crippen LogP contribution in [-0.4, -0.2) is 13.7 Å². The number of hydrogen-bond acceptors (Lipinski definition) is 3. The average Bonchev–Trinajstić information content (AvgIpc) is 2.45. The molecule has 0 radical (unpaired) electrons. The Morgan fingerprint density at radius 3 is 2.57 bits per heavy atom. The summed E-state index contributed by atoms with van der Waals surface area (Å²) in [6, 6.07) is 12.9. The Labute approximate surface area is 122 Å². The van der Waals surface area contributed by atoms with E-state index in [1.807, 2.05) is 25.1 Å². The first kappa shape index (κ1) is 15.1. The number of ether oxygens (including phenoxy) is 2. The monoisotopic (exact) mass is 293 g/mol. The van der Waals surface area contributed by atoms with E-state index in [-0.39, 0.29) is 11.5 Å². The maximum absolute atomic E-state index is 12.4. The lowest BCUT2D eigenvalue weighted by atomic mass is 10.1. The molecule has 2 aromatic carbocycles. The zero-order valence-corrected chi connectivity index (χ0v) is 11.9. The Balaban J connectivity index is 2.09. The summed E-state index contributed by atoms with van der Waals surface area (Å²) in [7, 11) is 1.41. The lowest BCUT2D eigenvalue weighted by molar-refractivity contribution is -0.0511. The van der Waals surface area contributed by atoms with Crippen molar-refractivity contribution in [3.05, 3.63) is 53.6 Å². The van der Waals surface area contributed by atoms with Gasteiger partial charge in [-0.25, -0.2) is 0 Å². The summed E-state index contributed by atoms with van der Waals surface area (Å²) in [5.74, 6) is 0.290. The normalized spacial score (nSPS) is 10.5. The lowest BCUT2D eigenvalue weighted by Gasteiger charge is -2.13. The van der Waals surface area contributed by atoms with Gasteiger partial charge in [0.15, 0.2) is 11.5 Å². The average molecular weight is 293 g/mol. The van der Waals surface area contributed by atoms with E-state index in [0.717, 1.165) is 5.56 Å². The van der Waals surface area contributed by atoms with Gasteiger partial charge in [0.1, 0.15) is 0 Å². The highest BCUT2D eigenvalue weighted by molar-refractivity contribution is 5.55. The summed E-state index contributed by atoms with van der Waals surface area (Å²) in [6.45, 7) is -0.265. The van der Waals surface area contributed by atoms with Crippen LogP contribution in [-0.2, 0) is 6.54 Å². The summed E-state index contributed by atoms with van der Waals surface area (Å²) >= 11 is 0. The summed E-state index contributed by atoms with van der Waals surface area (Å²) in [5, 5.41) is 3.17. The van der Waals surface area contributed by atoms with Gasteiger partial charge in [-0.1, -0.05) is 29.8 Å². The molecule has 0 aliphatic heterocycles. The quantitative estimate of drug-likeness (QED) is 0.865. The number of benzene rings is 2. The molecule has 0 aromatic heterocycles. The van der Waals surface area contributed by atoms with Gasteiger partial charge in [-0.15, -0.1) is 0 Å². The highest BCUT2D eigenvalue weighted by Gasteiger charge is 2.11. The van der Waals surface area contributed by atoms with Gasteiger partial charge in [0.25, 0.3) is 0 Å². The second-order valence-corrected chi connectivity index (χ2v) is 4.59. The van der Waals surface area contributed by atoms with Crippen molar-refractivity contribution in [2.45, 2.75) is 20.1 Å². The molecule has 2 aromatic rings. The number of methoxy groups -OCH3 is 1. The first-order valence-electron chi connectivity index (χ1n) is 6.51. The molecule has 0 unspecified atom stereocenters. The third-order valence-corrected chi connectivity index (χ3v) is 2.96. The van der Waals surface area contributed by atoms with Gasteiger partial charge >= 0.3 is 6.61 Å². The van der Waals surface area contributed by atoms with Crippen molar-refractivity contribution in [3.63, 3.8) is 0 Å². The zero-order chi connectivity index (χ0) is 15.2. The molecule has 0 aliphatic carbocycles. The minimum Gasteiger partial charge on any atom is -0.493 e. The Bertz CT molecular complexity index is 603. The standard InChI is InChI=1S/C16H17F2NO2/c1-11-4-3-5-12(8-11)10-19-13-6-7-14(20-2)15(9-13)21-16(17)18/h3-9,16,19H,10H2,1-2H3. The van der Waals surface area contributed by atoms with E-state index in [9.17, 15) is 8.78 Å². The molecule has 0 aliphatic rings. The number of anilines is 1. The van der Waals surface area contributed by atoms with Gasteiger partial charge in [0.05, 0.1) is 7.11 Å². The molecule has 0 amide bonds. The second kappa shape index (κ2) is 6.92. The van der Waals surface area contributed by atoms with Crippen molar-refractivity contribution in [1.29, 1.82) is 0 Å². The van der Waals surface area contributed by atoms with Crippen LogP contribution in [0.4, 0.5) is 14.5 Å². The summed E-state index contributed by atoms with van der Waals surface area (Å²) in [6.07, 6.45) is 0. The van der Waals surface area contributed by atoms with Gasteiger partial charge in [0, 0.05) is 18.3 Å². The largest absolute Gasteiger partial charge is 0.493 e. The molecular weight excluding hydrogens is 276 g/mol. The molecule has 0 heterocycles. The van der Waals surface area contributed by atoms with E-state index in [1.54, 1.807) is 12.1 Å². The molecule has 21 heavy (non-hydrogen) atoms. The number of nitrogens with one attached hydrogen (secondary N) is 1. The first-order valence-corrected chi connectivity index (χ1v) is 6.51. The van der Waals surface area contributed by atoms with Crippen LogP contribution in [0.3, 0.4) is 0 Å². The van der Waals surface area contributed by atoms with Crippen molar-refractivity contribution in [2.24, 2.45) is 0 Å². The maximum atomic E-state index is 12.4. The minimum absolute atomic E-state index is 0.0155. The number of hydrogen-bond donors (Lipinski definition) is 1. The summed E-state index contributed by atoms with van der Waals surface area (Å²) in [5.41, 5.74) is 2.97. The Hall–Kier alpha value is -2.30. The number of alkyl halides is 2. The molecule has 112 valence electrons. The zero-order valence-electron chi connectivity index (χ0n) is 11.9. The fourth-order valence-electron chi connectivity index (χ4n) is 2.00. The third kappa shape index (κ3) is 4.34. The van der Waals surface area contributed by atoms with Crippen molar-refractivity contribution in [2.75, 3.05) is 12.4 Å². The lowest BCUT2D eigenvalue weighted by Crippen LogP contribution is -2.05. The molecule has 3 nitrogen and oxygen atoms in total. The van der Waals surface area contributed by atoms with Crippen LogP contribution in [0, 0.1) is 6.92 Å². The van der Waals surface area contributed by atoms with Crippen molar-refractivity contribution in [1.82, 2.24) is 0 Å². The Kier molecular flexibility index (Phi) is 4.98. The van der Waals surface area contributed by atoms with E-state index < -0.39 is 6.61 Å². The molecule has 5 heteroatoms. The number of aryl methyl sites for hydroxylation is 1. The Morgan fingerprint density at radius 1 is 1.10 bits per heavy atom. The molecule has 0 fully saturated rings. The topological polar surface area (TPSA) is 30.5 Å². The summed E-state index contributed by atoms with van der Waals surface area (Å²) < 4.78 is 34.2. The van der Waals surface area contributed by atoms with Crippen molar-refractivity contribution < 1.29 is 18.3 Å². The second-order valence-electron chi connectivity index (χ2n) is 4.59. The predicted octanol–water partition coefficient (Wildman–Crippen LogP) is 4.22. The smallest absolute Gasteiger partial charge is 0.387 e. The van der Waals surface area contributed by atoms with E-state index >= 15 is 0 Å². The van der Waals surface area contributed by atoms with Crippen LogP contribution in [0.1, 0.15) is 11.1 Å². The molecule has 2 rings (SSSR count). The SMILES string of the molecule is COc1ccc(NCc2cccc(C)c2)cc1OC(F)F. The molecular formula is C16H17F2NO2. The van der Waals surface area contributed by atoms with E-state index in [4.69, 9.17) is 4.74 Å². The van der Waals surface area contributed by atoms with Gasteiger partial charge in [-0.05, 0) is 24.6 Å². The van der Waals surface area contributed by atoms with Crippen LogP contribution < -0.4 is 14.8 Å². The maximum Gasteiger partial charge on any atom is 0.387 e. The molecule has 1 N–H and O–H groups in total. The number of rotatable bonds is 6. The van der Waals surface area contributed by atoms with Gasteiger partial charge < -0.3 is 14.8 Å².